The number of hydrogen-bond donors (Lipinski definition) is 3. The van der Waals surface area contributed by atoms with Gasteiger partial charge in [0, 0.05) is 19.7 Å². The van der Waals surface area contributed by atoms with Crippen LogP contribution in [0.4, 0.5) is 0 Å². The molecule has 0 aliphatic carbocycles. The van der Waals surface area contributed by atoms with E-state index in [4.69, 9.17) is 4.74 Å². The molecule has 0 fully saturated rings. The number of aliphatic hydroxyl groups is 1. The molecule has 1 rings (SSSR count). The van der Waals surface area contributed by atoms with E-state index in [1.807, 2.05) is 13.0 Å². The largest absolute Gasteiger partial charge is 0.496 e. The molecule has 144 valence electrons. The molecule has 0 aliphatic heterocycles. The third kappa shape index (κ3) is 9.30. The molecule has 6 heteroatoms. The summed E-state index contributed by atoms with van der Waals surface area (Å²) >= 11 is 0. The number of rotatable bonds is 10. The highest BCUT2D eigenvalue weighted by molar-refractivity contribution is 14.0. The standard InChI is InChI=1S/C19H33N3O2.HI/c1-5-7-16(10-11-23)13-21-19(20-6-2)22-14-17-9-8-15(3)18(12-17)24-4;/h8-9,12,16,23H,5-7,10-11,13-14H2,1-4H3,(H2,20,21,22);1H. The van der Waals surface area contributed by atoms with Gasteiger partial charge in [0.15, 0.2) is 5.96 Å². The third-order valence-electron chi connectivity index (χ3n) is 4.03. The van der Waals surface area contributed by atoms with Crippen LogP contribution in [0.15, 0.2) is 23.2 Å². The van der Waals surface area contributed by atoms with Crippen molar-refractivity contribution in [1.82, 2.24) is 10.6 Å². The number of halogens is 1. The molecule has 1 aromatic carbocycles. The van der Waals surface area contributed by atoms with Gasteiger partial charge in [-0.2, -0.15) is 0 Å². The van der Waals surface area contributed by atoms with Gasteiger partial charge in [0.2, 0.25) is 0 Å². The maximum absolute atomic E-state index is 9.17. The fourth-order valence-electron chi connectivity index (χ4n) is 2.66. The lowest BCUT2D eigenvalue weighted by Crippen LogP contribution is -2.40. The van der Waals surface area contributed by atoms with Gasteiger partial charge < -0.3 is 20.5 Å². The first-order chi connectivity index (χ1) is 11.6. The monoisotopic (exact) mass is 463 g/mol. The van der Waals surface area contributed by atoms with E-state index < -0.39 is 0 Å². The summed E-state index contributed by atoms with van der Waals surface area (Å²) in [5.41, 5.74) is 2.25. The highest BCUT2D eigenvalue weighted by Gasteiger charge is 2.08. The minimum absolute atomic E-state index is 0. The van der Waals surface area contributed by atoms with Crippen molar-refractivity contribution in [3.05, 3.63) is 29.3 Å². The molecule has 25 heavy (non-hydrogen) atoms. The van der Waals surface area contributed by atoms with E-state index in [9.17, 15) is 5.11 Å². The molecule has 0 bridgehead atoms. The van der Waals surface area contributed by atoms with Crippen molar-refractivity contribution < 1.29 is 9.84 Å². The Labute approximate surface area is 169 Å². The number of guanidine groups is 1. The van der Waals surface area contributed by atoms with Crippen LogP contribution in [0.1, 0.15) is 44.2 Å². The van der Waals surface area contributed by atoms with Gasteiger partial charge in [-0.05, 0) is 49.8 Å². The molecule has 0 aromatic heterocycles. The Morgan fingerprint density at radius 3 is 2.60 bits per heavy atom. The van der Waals surface area contributed by atoms with Crippen LogP contribution < -0.4 is 15.4 Å². The van der Waals surface area contributed by atoms with Crippen molar-refractivity contribution in [3.8, 4) is 5.75 Å². The number of aliphatic hydroxyl groups excluding tert-OH is 1. The molecule has 0 amide bonds. The normalized spacial score (nSPS) is 12.3. The maximum Gasteiger partial charge on any atom is 0.191 e. The molecule has 0 radical (unpaired) electrons. The summed E-state index contributed by atoms with van der Waals surface area (Å²) in [7, 11) is 1.69. The SMILES string of the molecule is CCCC(CCO)CNC(=NCc1ccc(C)c(OC)c1)NCC.I. The fourth-order valence-corrected chi connectivity index (χ4v) is 2.66. The summed E-state index contributed by atoms with van der Waals surface area (Å²) in [5, 5.41) is 15.8. The van der Waals surface area contributed by atoms with Gasteiger partial charge in [0.1, 0.15) is 5.75 Å². The Morgan fingerprint density at radius 1 is 1.24 bits per heavy atom. The van der Waals surface area contributed by atoms with Crippen LogP contribution >= 0.6 is 24.0 Å². The summed E-state index contributed by atoms with van der Waals surface area (Å²) in [6.07, 6.45) is 3.07. The molecule has 0 saturated heterocycles. The van der Waals surface area contributed by atoms with Gasteiger partial charge >= 0.3 is 0 Å². The predicted molar refractivity (Wildman–Crippen MR) is 116 cm³/mol. The zero-order valence-electron chi connectivity index (χ0n) is 16.0. The van der Waals surface area contributed by atoms with Crippen LogP contribution in [0.2, 0.25) is 0 Å². The zero-order valence-corrected chi connectivity index (χ0v) is 18.3. The predicted octanol–water partition coefficient (Wildman–Crippen LogP) is 3.48. The topological polar surface area (TPSA) is 65.9 Å². The van der Waals surface area contributed by atoms with Gasteiger partial charge in [-0.1, -0.05) is 25.5 Å². The van der Waals surface area contributed by atoms with Crippen molar-refractivity contribution in [2.75, 3.05) is 26.8 Å². The number of nitrogens with one attached hydrogen (secondary N) is 2. The number of benzene rings is 1. The maximum atomic E-state index is 9.17. The molecular formula is C19H34IN3O2. The van der Waals surface area contributed by atoms with Crippen molar-refractivity contribution in [1.29, 1.82) is 0 Å². The molecule has 5 nitrogen and oxygen atoms in total. The van der Waals surface area contributed by atoms with Crippen molar-refractivity contribution in [2.45, 2.75) is 46.6 Å². The Balaban J connectivity index is 0.00000576. The summed E-state index contributed by atoms with van der Waals surface area (Å²) in [5.74, 6) is 2.19. The van der Waals surface area contributed by atoms with Gasteiger partial charge in [-0.25, -0.2) is 4.99 Å². The molecule has 0 spiro atoms. The second-order valence-electron chi connectivity index (χ2n) is 6.05. The van der Waals surface area contributed by atoms with E-state index in [1.54, 1.807) is 7.11 Å². The van der Waals surface area contributed by atoms with Gasteiger partial charge in [-0.3, -0.25) is 0 Å². The Bertz CT molecular complexity index is 503. The Hall–Kier alpha value is -1.02. The first-order valence-corrected chi connectivity index (χ1v) is 8.91. The van der Waals surface area contributed by atoms with Crippen LogP contribution in [0, 0.1) is 12.8 Å². The first kappa shape index (κ1) is 24.0. The summed E-state index contributed by atoms with van der Waals surface area (Å²) in [6, 6.07) is 6.17. The van der Waals surface area contributed by atoms with Crippen LogP contribution in [0.25, 0.3) is 0 Å². The van der Waals surface area contributed by atoms with E-state index in [-0.39, 0.29) is 30.6 Å². The second-order valence-corrected chi connectivity index (χ2v) is 6.05. The van der Waals surface area contributed by atoms with Crippen molar-refractivity contribution in [3.63, 3.8) is 0 Å². The van der Waals surface area contributed by atoms with E-state index in [2.05, 4.69) is 41.6 Å². The highest BCUT2D eigenvalue weighted by Crippen LogP contribution is 2.19. The van der Waals surface area contributed by atoms with Crippen molar-refractivity contribution in [2.24, 2.45) is 10.9 Å². The number of aliphatic imine (C=N–C) groups is 1. The van der Waals surface area contributed by atoms with Crippen LogP contribution in [-0.2, 0) is 6.54 Å². The van der Waals surface area contributed by atoms with Gasteiger partial charge in [-0.15, -0.1) is 24.0 Å². The first-order valence-electron chi connectivity index (χ1n) is 8.91. The summed E-state index contributed by atoms with van der Waals surface area (Å²) in [4.78, 5) is 4.66. The molecular weight excluding hydrogens is 429 g/mol. The van der Waals surface area contributed by atoms with Gasteiger partial charge in [0.25, 0.3) is 0 Å². The molecule has 3 N–H and O–H groups in total. The minimum Gasteiger partial charge on any atom is -0.496 e. The molecule has 0 saturated carbocycles. The molecule has 1 atom stereocenters. The number of hydrogen-bond acceptors (Lipinski definition) is 3. The highest BCUT2D eigenvalue weighted by atomic mass is 127. The van der Waals surface area contributed by atoms with Crippen LogP contribution in [0.5, 0.6) is 5.75 Å². The number of aryl methyl sites for hydroxylation is 1. The third-order valence-corrected chi connectivity index (χ3v) is 4.03. The van der Waals surface area contributed by atoms with Crippen LogP contribution in [-0.4, -0.2) is 37.9 Å². The quantitative estimate of drug-likeness (QED) is 0.283. The van der Waals surface area contributed by atoms with E-state index >= 15 is 0 Å². The fraction of sp³-hybridized carbons (Fsp3) is 0.632. The lowest BCUT2D eigenvalue weighted by molar-refractivity contribution is 0.251. The lowest BCUT2D eigenvalue weighted by Gasteiger charge is -2.18. The Morgan fingerprint density at radius 2 is 2.00 bits per heavy atom. The van der Waals surface area contributed by atoms with Crippen LogP contribution in [0.3, 0.4) is 0 Å². The van der Waals surface area contributed by atoms with E-state index in [0.717, 1.165) is 55.2 Å². The molecule has 1 aromatic rings. The van der Waals surface area contributed by atoms with Gasteiger partial charge in [0.05, 0.1) is 13.7 Å². The van der Waals surface area contributed by atoms with E-state index in [0.29, 0.717) is 12.5 Å². The summed E-state index contributed by atoms with van der Waals surface area (Å²) < 4.78 is 5.37. The molecule has 1 unspecified atom stereocenters. The molecule has 0 heterocycles. The minimum atomic E-state index is 0. The molecule has 0 aliphatic rings. The van der Waals surface area contributed by atoms with Crippen molar-refractivity contribution >= 4 is 29.9 Å². The average molecular weight is 463 g/mol. The zero-order chi connectivity index (χ0) is 17.8. The lowest BCUT2D eigenvalue weighted by atomic mass is 10.0. The summed E-state index contributed by atoms with van der Waals surface area (Å²) in [6.45, 7) is 8.76. The number of ether oxygens (including phenoxy) is 1. The second kappa shape index (κ2) is 14.2. The Kier molecular flexibility index (Phi) is 13.6. The van der Waals surface area contributed by atoms with E-state index in [1.165, 1.54) is 0 Å². The number of nitrogens with zero attached hydrogens (tertiary/aromatic N) is 1. The smallest absolute Gasteiger partial charge is 0.191 e. The average Bonchev–Trinajstić information content (AvgIpc) is 2.58. The number of methoxy groups -OCH3 is 1.